The van der Waals surface area contributed by atoms with Crippen molar-refractivity contribution in [2.75, 3.05) is 7.11 Å². The Labute approximate surface area is 122 Å². The van der Waals surface area contributed by atoms with Crippen LogP contribution >= 0.6 is 0 Å². The first-order valence-electron chi connectivity index (χ1n) is 7.67. The SMILES string of the molecule is CCC1CCC(C)N1Cc1cc(C(C)O)ccc1OC. The summed E-state index contributed by atoms with van der Waals surface area (Å²) in [7, 11) is 1.71. The lowest BCUT2D eigenvalue weighted by molar-refractivity contribution is 0.185. The van der Waals surface area contributed by atoms with Crippen molar-refractivity contribution < 1.29 is 9.84 Å². The van der Waals surface area contributed by atoms with Gasteiger partial charge in [-0.3, -0.25) is 4.90 Å². The summed E-state index contributed by atoms with van der Waals surface area (Å²) >= 11 is 0. The molecule has 112 valence electrons. The van der Waals surface area contributed by atoms with Crippen molar-refractivity contribution in [2.45, 2.75) is 64.8 Å². The lowest BCUT2D eigenvalue weighted by atomic mass is 10.0. The van der Waals surface area contributed by atoms with Gasteiger partial charge in [-0.15, -0.1) is 0 Å². The molecular formula is C17H27NO2. The van der Waals surface area contributed by atoms with E-state index in [0.29, 0.717) is 12.1 Å². The summed E-state index contributed by atoms with van der Waals surface area (Å²) in [6, 6.07) is 7.29. The quantitative estimate of drug-likeness (QED) is 0.894. The number of methoxy groups -OCH3 is 1. The number of nitrogens with zero attached hydrogens (tertiary/aromatic N) is 1. The average molecular weight is 277 g/mol. The highest BCUT2D eigenvalue weighted by Crippen LogP contribution is 2.31. The van der Waals surface area contributed by atoms with Crippen molar-refractivity contribution in [3.63, 3.8) is 0 Å². The van der Waals surface area contributed by atoms with Crippen LogP contribution in [0.5, 0.6) is 5.75 Å². The number of aliphatic hydroxyl groups is 1. The van der Waals surface area contributed by atoms with E-state index in [1.807, 2.05) is 12.1 Å². The first kappa shape index (κ1) is 15.3. The second kappa shape index (κ2) is 6.59. The Hall–Kier alpha value is -1.06. The molecule has 1 aliphatic heterocycles. The molecule has 1 aromatic rings. The minimum absolute atomic E-state index is 0.433. The fourth-order valence-corrected chi connectivity index (χ4v) is 3.23. The van der Waals surface area contributed by atoms with Crippen molar-refractivity contribution in [2.24, 2.45) is 0 Å². The van der Waals surface area contributed by atoms with E-state index >= 15 is 0 Å². The fourth-order valence-electron chi connectivity index (χ4n) is 3.23. The largest absolute Gasteiger partial charge is 0.496 e. The number of likely N-dealkylation sites (tertiary alicyclic amines) is 1. The highest BCUT2D eigenvalue weighted by atomic mass is 16.5. The molecule has 0 bridgehead atoms. The lowest BCUT2D eigenvalue weighted by Crippen LogP contribution is -2.33. The van der Waals surface area contributed by atoms with Gasteiger partial charge in [0.05, 0.1) is 13.2 Å². The molecule has 1 aliphatic rings. The van der Waals surface area contributed by atoms with E-state index in [9.17, 15) is 5.11 Å². The Morgan fingerprint density at radius 1 is 1.40 bits per heavy atom. The Morgan fingerprint density at radius 2 is 2.15 bits per heavy atom. The summed E-state index contributed by atoms with van der Waals surface area (Å²) in [5, 5.41) is 9.77. The molecule has 1 heterocycles. The zero-order valence-corrected chi connectivity index (χ0v) is 13.1. The van der Waals surface area contributed by atoms with Crippen LogP contribution in [0.1, 0.15) is 57.3 Å². The Balaban J connectivity index is 2.24. The smallest absolute Gasteiger partial charge is 0.123 e. The van der Waals surface area contributed by atoms with Crippen LogP contribution in [-0.4, -0.2) is 29.2 Å². The molecule has 0 aromatic heterocycles. The monoisotopic (exact) mass is 277 g/mol. The fraction of sp³-hybridized carbons (Fsp3) is 0.647. The van der Waals surface area contributed by atoms with E-state index in [4.69, 9.17) is 4.74 Å². The molecule has 0 aliphatic carbocycles. The number of benzene rings is 1. The predicted octanol–water partition coefficient (Wildman–Crippen LogP) is 3.51. The zero-order valence-electron chi connectivity index (χ0n) is 13.1. The van der Waals surface area contributed by atoms with Gasteiger partial charge in [-0.1, -0.05) is 13.0 Å². The van der Waals surface area contributed by atoms with Gasteiger partial charge in [0, 0.05) is 24.2 Å². The highest BCUT2D eigenvalue weighted by molar-refractivity contribution is 5.38. The normalized spacial score (nSPS) is 24.9. The topological polar surface area (TPSA) is 32.7 Å². The molecule has 20 heavy (non-hydrogen) atoms. The molecule has 1 N–H and O–H groups in total. The molecule has 3 nitrogen and oxygen atoms in total. The van der Waals surface area contributed by atoms with E-state index in [2.05, 4.69) is 24.8 Å². The average Bonchev–Trinajstić information content (AvgIpc) is 2.79. The first-order chi connectivity index (χ1) is 9.56. The third-order valence-electron chi connectivity index (χ3n) is 4.56. The third kappa shape index (κ3) is 3.15. The van der Waals surface area contributed by atoms with E-state index in [-0.39, 0.29) is 0 Å². The molecule has 1 aromatic carbocycles. The Kier molecular flexibility index (Phi) is 5.06. The van der Waals surface area contributed by atoms with Crippen molar-refractivity contribution in [3.8, 4) is 5.75 Å². The second-order valence-corrected chi connectivity index (χ2v) is 5.91. The van der Waals surface area contributed by atoms with Crippen molar-refractivity contribution >= 4 is 0 Å². The van der Waals surface area contributed by atoms with Crippen LogP contribution in [-0.2, 0) is 6.54 Å². The van der Waals surface area contributed by atoms with Crippen LogP contribution in [0.15, 0.2) is 18.2 Å². The maximum absolute atomic E-state index is 9.77. The Morgan fingerprint density at radius 3 is 2.75 bits per heavy atom. The van der Waals surface area contributed by atoms with Crippen molar-refractivity contribution in [3.05, 3.63) is 29.3 Å². The highest BCUT2D eigenvalue weighted by Gasteiger charge is 2.29. The molecule has 0 radical (unpaired) electrons. The number of hydrogen-bond acceptors (Lipinski definition) is 3. The summed E-state index contributed by atoms with van der Waals surface area (Å²) < 4.78 is 5.49. The van der Waals surface area contributed by atoms with Gasteiger partial charge in [-0.05, 0) is 50.8 Å². The number of ether oxygens (including phenoxy) is 1. The summed E-state index contributed by atoms with van der Waals surface area (Å²) in [5.74, 6) is 0.920. The van der Waals surface area contributed by atoms with Gasteiger partial charge < -0.3 is 9.84 Å². The molecular weight excluding hydrogens is 250 g/mol. The minimum Gasteiger partial charge on any atom is -0.496 e. The van der Waals surface area contributed by atoms with Crippen LogP contribution in [0.2, 0.25) is 0 Å². The van der Waals surface area contributed by atoms with Crippen LogP contribution in [0.3, 0.4) is 0 Å². The summed E-state index contributed by atoms with van der Waals surface area (Å²) in [5.41, 5.74) is 2.14. The molecule has 1 fully saturated rings. The van der Waals surface area contributed by atoms with E-state index in [1.54, 1.807) is 14.0 Å². The molecule has 3 unspecified atom stereocenters. The maximum Gasteiger partial charge on any atom is 0.123 e. The molecule has 1 saturated heterocycles. The first-order valence-corrected chi connectivity index (χ1v) is 7.67. The van der Waals surface area contributed by atoms with Gasteiger partial charge in [0.25, 0.3) is 0 Å². The van der Waals surface area contributed by atoms with E-state index < -0.39 is 6.10 Å². The standard InChI is InChI=1S/C17H27NO2/c1-5-16-8-6-12(2)18(16)11-15-10-14(13(3)19)7-9-17(15)20-4/h7,9-10,12-13,16,19H,5-6,8,11H2,1-4H3. The van der Waals surface area contributed by atoms with Gasteiger partial charge in [0.2, 0.25) is 0 Å². The summed E-state index contributed by atoms with van der Waals surface area (Å²) in [4.78, 5) is 2.57. The van der Waals surface area contributed by atoms with Crippen LogP contribution in [0.4, 0.5) is 0 Å². The zero-order chi connectivity index (χ0) is 14.7. The van der Waals surface area contributed by atoms with Crippen molar-refractivity contribution in [1.82, 2.24) is 4.90 Å². The van der Waals surface area contributed by atoms with Gasteiger partial charge in [0.1, 0.15) is 5.75 Å². The summed E-state index contributed by atoms with van der Waals surface area (Å²) in [6.07, 6.45) is 3.33. The van der Waals surface area contributed by atoms with Crippen LogP contribution in [0, 0.1) is 0 Å². The Bertz CT molecular complexity index is 445. The second-order valence-electron chi connectivity index (χ2n) is 5.91. The van der Waals surface area contributed by atoms with Gasteiger partial charge in [-0.2, -0.15) is 0 Å². The molecule has 0 spiro atoms. The van der Waals surface area contributed by atoms with Crippen LogP contribution < -0.4 is 4.74 Å². The lowest BCUT2D eigenvalue weighted by Gasteiger charge is -2.28. The molecule has 0 amide bonds. The summed E-state index contributed by atoms with van der Waals surface area (Å²) in [6.45, 7) is 7.28. The minimum atomic E-state index is -0.433. The van der Waals surface area contributed by atoms with E-state index in [0.717, 1.165) is 17.9 Å². The number of aliphatic hydroxyl groups excluding tert-OH is 1. The molecule has 3 heteroatoms. The molecule has 0 saturated carbocycles. The van der Waals surface area contributed by atoms with E-state index in [1.165, 1.54) is 24.8 Å². The van der Waals surface area contributed by atoms with Crippen LogP contribution in [0.25, 0.3) is 0 Å². The molecule has 3 atom stereocenters. The third-order valence-corrected chi connectivity index (χ3v) is 4.56. The number of hydrogen-bond donors (Lipinski definition) is 1. The van der Waals surface area contributed by atoms with Crippen molar-refractivity contribution in [1.29, 1.82) is 0 Å². The van der Waals surface area contributed by atoms with Gasteiger partial charge >= 0.3 is 0 Å². The maximum atomic E-state index is 9.77. The van der Waals surface area contributed by atoms with Gasteiger partial charge in [0.15, 0.2) is 0 Å². The molecule has 2 rings (SSSR count). The van der Waals surface area contributed by atoms with Gasteiger partial charge in [-0.25, -0.2) is 0 Å². The number of rotatable bonds is 5. The predicted molar refractivity (Wildman–Crippen MR) is 81.9 cm³/mol.